The van der Waals surface area contributed by atoms with Crippen LogP contribution in [0.25, 0.3) is 0 Å². The molecule has 0 aromatic rings. The number of halogens is 2. The SMILES string of the molecule is CC(=O)OC[C@H]1O[C@H](OC(C)=O)C(F)([18F])[C@@H](OC(C)=O)[C@@H]1OC(C)=O. The second kappa shape index (κ2) is 8.19. The lowest BCUT2D eigenvalue weighted by Crippen LogP contribution is -2.65. The summed E-state index contributed by atoms with van der Waals surface area (Å²) in [5, 5.41) is 0. The van der Waals surface area contributed by atoms with Crippen molar-refractivity contribution in [2.75, 3.05) is 6.61 Å². The third-order valence-electron chi connectivity index (χ3n) is 2.98. The molecular formula is C14H18F2O9. The quantitative estimate of drug-likeness (QED) is 0.501. The van der Waals surface area contributed by atoms with Gasteiger partial charge in [0.15, 0.2) is 6.10 Å². The van der Waals surface area contributed by atoms with Gasteiger partial charge in [0.2, 0.25) is 6.10 Å². The third kappa shape index (κ3) is 5.62. The third-order valence-corrected chi connectivity index (χ3v) is 2.98. The van der Waals surface area contributed by atoms with Gasteiger partial charge in [-0.2, -0.15) is 8.78 Å². The molecule has 0 aromatic carbocycles. The van der Waals surface area contributed by atoms with E-state index in [0.717, 1.165) is 27.7 Å². The Balaban J connectivity index is 3.22. The summed E-state index contributed by atoms with van der Waals surface area (Å²) < 4.78 is 52.5. The van der Waals surface area contributed by atoms with Crippen LogP contribution in [0.15, 0.2) is 0 Å². The van der Waals surface area contributed by atoms with Gasteiger partial charge in [0.1, 0.15) is 12.7 Å². The first-order valence-electron chi connectivity index (χ1n) is 7.13. The fourth-order valence-corrected chi connectivity index (χ4v) is 2.12. The second-order valence-electron chi connectivity index (χ2n) is 5.20. The number of alkyl halides is 2. The highest BCUT2D eigenvalue weighted by atomic mass is 19.2. The van der Waals surface area contributed by atoms with Gasteiger partial charge >= 0.3 is 29.8 Å². The first-order valence-corrected chi connectivity index (χ1v) is 7.13. The molecule has 1 fully saturated rings. The van der Waals surface area contributed by atoms with Crippen LogP contribution < -0.4 is 0 Å². The second-order valence-corrected chi connectivity index (χ2v) is 5.20. The van der Waals surface area contributed by atoms with Crippen molar-refractivity contribution in [2.24, 2.45) is 0 Å². The van der Waals surface area contributed by atoms with Crippen LogP contribution in [-0.4, -0.2) is 61.0 Å². The highest BCUT2D eigenvalue weighted by Gasteiger charge is 2.63. The van der Waals surface area contributed by atoms with Crippen LogP contribution in [0.3, 0.4) is 0 Å². The molecule has 1 heterocycles. The van der Waals surface area contributed by atoms with Crippen molar-refractivity contribution in [1.29, 1.82) is 0 Å². The maximum absolute atomic E-state index is 14.5. The number of rotatable bonds is 5. The van der Waals surface area contributed by atoms with Gasteiger partial charge in [-0.05, 0) is 0 Å². The van der Waals surface area contributed by atoms with Crippen LogP contribution in [0.2, 0.25) is 0 Å². The standard InChI is InChI=1S/C14H18F2O9/c1-6(17)21-5-10-11(22-7(2)18)12(23-8(3)19)14(15,16)13(25-10)24-9(4)20/h10-13H,5H2,1-4H3/t10-,11-,12+,13+/m1/s1/i15-1/t10-,11-,12+,13+,14?. The minimum Gasteiger partial charge on any atom is -0.463 e. The monoisotopic (exact) mass is 367 g/mol. The molecule has 1 unspecified atom stereocenters. The van der Waals surface area contributed by atoms with Crippen LogP contribution in [0.4, 0.5) is 8.78 Å². The fraction of sp³-hybridized carbons (Fsp3) is 0.714. The molecule has 0 saturated carbocycles. The Morgan fingerprint density at radius 3 is 1.84 bits per heavy atom. The number of ether oxygens (including phenoxy) is 5. The Labute approximate surface area is 141 Å². The van der Waals surface area contributed by atoms with Gasteiger partial charge < -0.3 is 23.7 Å². The van der Waals surface area contributed by atoms with Gasteiger partial charge in [0.25, 0.3) is 6.29 Å². The van der Waals surface area contributed by atoms with E-state index in [1.807, 2.05) is 0 Å². The fourth-order valence-electron chi connectivity index (χ4n) is 2.12. The first-order chi connectivity index (χ1) is 11.4. The molecule has 0 aromatic heterocycles. The number of esters is 4. The van der Waals surface area contributed by atoms with Crippen LogP contribution in [0.5, 0.6) is 0 Å². The molecule has 9 nitrogen and oxygen atoms in total. The van der Waals surface area contributed by atoms with Gasteiger partial charge in [-0.15, -0.1) is 0 Å². The molecule has 1 aliphatic rings. The molecule has 1 rings (SSSR count). The van der Waals surface area contributed by atoms with Gasteiger partial charge in [-0.3, -0.25) is 19.2 Å². The summed E-state index contributed by atoms with van der Waals surface area (Å²) in [6.07, 6.45) is -7.99. The Kier molecular flexibility index (Phi) is 6.79. The Hall–Kier alpha value is -2.30. The van der Waals surface area contributed by atoms with E-state index >= 15 is 0 Å². The van der Waals surface area contributed by atoms with Crippen molar-refractivity contribution in [3.63, 3.8) is 0 Å². The topological polar surface area (TPSA) is 114 Å². The van der Waals surface area contributed by atoms with E-state index in [1.54, 1.807) is 0 Å². The van der Waals surface area contributed by atoms with Crippen LogP contribution >= 0.6 is 0 Å². The number of hydrogen-bond acceptors (Lipinski definition) is 9. The van der Waals surface area contributed by atoms with Crippen molar-refractivity contribution >= 4 is 23.9 Å². The summed E-state index contributed by atoms with van der Waals surface area (Å²) >= 11 is 0. The largest absolute Gasteiger partial charge is 0.463 e. The molecule has 142 valence electrons. The number of carbonyl (C=O) groups excluding carboxylic acids is 4. The Morgan fingerprint density at radius 1 is 0.880 bits per heavy atom. The average Bonchev–Trinajstić information content (AvgIpc) is 2.43. The van der Waals surface area contributed by atoms with E-state index in [0.29, 0.717) is 0 Å². The van der Waals surface area contributed by atoms with E-state index in [-0.39, 0.29) is 0 Å². The minimum absolute atomic E-state index is 0.598. The van der Waals surface area contributed by atoms with Crippen LogP contribution in [0.1, 0.15) is 27.7 Å². The van der Waals surface area contributed by atoms with Crippen molar-refractivity contribution in [1.82, 2.24) is 0 Å². The summed E-state index contributed by atoms with van der Waals surface area (Å²) in [5.74, 6) is -7.90. The molecule has 0 aliphatic carbocycles. The van der Waals surface area contributed by atoms with E-state index in [2.05, 4.69) is 14.2 Å². The first kappa shape index (κ1) is 20.7. The molecule has 0 N–H and O–H groups in total. The normalized spacial score (nSPS) is 31.6. The molecule has 11 heteroatoms. The van der Waals surface area contributed by atoms with Crippen LogP contribution in [0, 0.1) is 0 Å². The van der Waals surface area contributed by atoms with Crippen LogP contribution in [-0.2, 0) is 42.9 Å². The lowest BCUT2D eigenvalue weighted by atomic mass is 9.97. The lowest BCUT2D eigenvalue weighted by Gasteiger charge is -2.43. The smallest absolute Gasteiger partial charge is 0.348 e. The summed E-state index contributed by atoms with van der Waals surface area (Å²) in [5.41, 5.74) is 0. The molecule has 25 heavy (non-hydrogen) atoms. The zero-order chi connectivity index (χ0) is 19.4. The predicted octanol–water partition coefficient (Wildman–Crippen LogP) is 0.336. The van der Waals surface area contributed by atoms with Crippen molar-refractivity contribution < 1.29 is 51.6 Å². The zero-order valence-corrected chi connectivity index (χ0v) is 13.9. The van der Waals surface area contributed by atoms with Crippen molar-refractivity contribution in [2.45, 2.75) is 58.2 Å². The lowest BCUT2D eigenvalue weighted by molar-refractivity contribution is -0.349. The summed E-state index contributed by atoms with van der Waals surface area (Å²) in [6, 6.07) is 0. The van der Waals surface area contributed by atoms with E-state index in [1.165, 1.54) is 0 Å². The molecular weight excluding hydrogens is 349 g/mol. The maximum atomic E-state index is 14.5. The molecule has 1 aliphatic heterocycles. The number of carbonyl (C=O) groups is 4. The van der Waals surface area contributed by atoms with E-state index in [9.17, 15) is 28.0 Å². The molecule has 0 radical (unpaired) electrons. The predicted molar refractivity (Wildman–Crippen MR) is 73.1 cm³/mol. The van der Waals surface area contributed by atoms with Gasteiger partial charge in [0.05, 0.1) is 0 Å². The number of hydrogen-bond donors (Lipinski definition) is 0. The Morgan fingerprint density at radius 2 is 1.40 bits per heavy atom. The minimum atomic E-state index is -4.02. The van der Waals surface area contributed by atoms with Gasteiger partial charge in [0, 0.05) is 27.7 Å². The highest BCUT2D eigenvalue weighted by Crippen LogP contribution is 2.39. The molecule has 1 saturated heterocycles. The molecule has 5 atom stereocenters. The van der Waals surface area contributed by atoms with E-state index < -0.39 is 61.0 Å². The van der Waals surface area contributed by atoms with Crippen molar-refractivity contribution in [3.05, 3.63) is 0 Å². The van der Waals surface area contributed by atoms with Crippen molar-refractivity contribution in [3.8, 4) is 0 Å². The molecule has 0 bridgehead atoms. The van der Waals surface area contributed by atoms with E-state index in [4.69, 9.17) is 9.47 Å². The maximum Gasteiger partial charge on any atom is 0.348 e. The summed E-state index contributed by atoms with van der Waals surface area (Å²) in [7, 11) is 0. The Bertz CT molecular complexity index is 548. The summed E-state index contributed by atoms with van der Waals surface area (Å²) in [4.78, 5) is 44.4. The zero-order valence-electron chi connectivity index (χ0n) is 13.9. The van der Waals surface area contributed by atoms with Gasteiger partial charge in [-0.25, -0.2) is 0 Å². The van der Waals surface area contributed by atoms with Gasteiger partial charge in [-0.1, -0.05) is 0 Å². The molecule has 0 spiro atoms. The molecule has 0 amide bonds. The summed E-state index contributed by atoms with van der Waals surface area (Å²) in [6.45, 7) is 3.16. The highest BCUT2D eigenvalue weighted by molar-refractivity contribution is 5.68. The average molecular weight is 367 g/mol.